The fourth-order valence-electron chi connectivity index (χ4n) is 4.13. The second kappa shape index (κ2) is 13.6. The third kappa shape index (κ3) is 8.90. The molecule has 3 amide bonds. The molecule has 2 heterocycles. The Bertz CT molecular complexity index is 1240. The molecule has 0 spiro atoms. The van der Waals surface area contributed by atoms with E-state index in [1.165, 1.54) is 11.0 Å². The molecule has 1 aromatic heterocycles. The SMILES string of the molecule is CCOC(=O)N1CCN(C(=O)[C@H](CCC(=O)OC(C)(C)C)NC(=O)c2cc(C)nc(-c3cccc(Cl)c3)n2)CC1. The first-order chi connectivity index (χ1) is 18.9. The van der Waals surface area contributed by atoms with E-state index in [9.17, 15) is 19.2 Å². The first-order valence-corrected chi connectivity index (χ1v) is 13.6. The van der Waals surface area contributed by atoms with Crippen molar-refractivity contribution in [3.63, 3.8) is 0 Å². The lowest BCUT2D eigenvalue weighted by Gasteiger charge is -2.36. The molecule has 0 aliphatic carbocycles. The average molecular weight is 574 g/mol. The highest BCUT2D eigenvalue weighted by molar-refractivity contribution is 6.30. The highest BCUT2D eigenvalue weighted by atomic mass is 35.5. The Kier molecular flexibility index (Phi) is 10.4. The summed E-state index contributed by atoms with van der Waals surface area (Å²) >= 11 is 6.11. The van der Waals surface area contributed by atoms with Crippen LogP contribution in [0.15, 0.2) is 30.3 Å². The summed E-state index contributed by atoms with van der Waals surface area (Å²) in [6.07, 6.45) is -0.477. The van der Waals surface area contributed by atoms with Gasteiger partial charge in [0.15, 0.2) is 5.82 Å². The molecular formula is C28H36ClN5O6. The number of aryl methyl sites for hydroxylation is 1. The number of benzene rings is 1. The van der Waals surface area contributed by atoms with Gasteiger partial charge in [0.2, 0.25) is 5.91 Å². The summed E-state index contributed by atoms with van der Waals surface area (Å²) in [4.78, 5) is 63.3. The van der Waals surface area contributed by atoms with Crippen molar-refractivity contribution in [2.75, 3.05) is 32.8 Å². The quantitative estimate of drug-likeness (QED) is 0.474. The number of esters is 1. The third-order valence-corrected chi connectivity index (χ3v) is 6.18. The van der Waals surface area contributed by atoms with Gasteiger partial charge >= 0.3 is 12.1 Å². The highest BCUT2D eigenvalue weighted by Gasteiger charge is 2.32. The lowest BCUT2D eigenvalue weighted by atomic mass is 10.1. The van der Waals surface area contributed by atoms with Crippen LogP contribution in [-0.4, -0.2) is 88.1 Å². The Morgan fingerprint density at radius 3 is 2.35 bits per heavy atom. The van der Waals surface area contributed by atoms with Crippen LogP contribution in [0.2, 0.25) is 5.02 Å². The molecule has 1 aliphatic rings. The van der Waals surface area contributed by atoms with Gasteiger partial charge in [-0.2, -0.15) is 0 Å². The minimum Gasteiger partial charge on any atom is -0.460 e. The molecule has 2 aromatic rings. The van der Waals surface area contributed by atoms with E-state index in [0.29, 0.717) is 35.2 Å². The molecular weight excluding hydrogens is 538 g/mol. The maximum absolute atomic E-state index is 13.5. The zero-order chi connectivity index (χ0) is 29.4. The normalized spacial score (nSPS) is 14.3. The molecule has 11 nitrogen and oxygen atoms in total. The van der Waals surface area contributed by atoms with Gasteiger partial charge in [0.25, 0.3) is 5.91 Å². The maximum atomic E-state index is 13.5. The number of halogens is 1. The van der Waals surface area contributed by atoms with Crippen molar-refractivity contribution in [3.05, 3.63) is 46.7 Å². The topological polar surface area (TPSA) is 131 Å². The Balaban J connectivity index is 1.78. The van der Waals surface area contributed by atoms with Crippen LogP contribution in [0.5, 0.6) is 0 Å². The number of piperazine rings is 1. The lowest BCUT2D eigenvalue weighted by molar-refractivity contribution is -0.155. The van der Waals surface area contributed by atoms with Crippen molar-refractivity contribution in [2.24, 2.45) is 0 Å². The molecule has 1 saturated heterocycles. The van der Waals surface area contributed by atoms with Crippen molar-refractivity contribution in [1.29, 1.82) is 0 Å². The van der Waals surface area contributed by atoms with E-state index < -0.39 is 29.6 Å². The molecule has 0 unspecified atom stereocenters. The molecule has 1 aromatic carbocycles. The second-order valence-electron chi connectivity index (χ2n) is 10.4. The molecule has 0 radical (unpaired) electrons. The molecule has 12 heteroatoms. The molecule has 0 saturated carbocycles. The van der Waals surface area contributed by atoms with Crippen LogP contribution in [0.4, 0.5) is 4.79 Å². The van der Waals surface area contributed by atoms with Gasteiger partial charge in [-0.15, -0.1) is 0 Å². The van der Waals surface area contributed by atoms with E-state index in [0.717, 1.165) is 0 Å². The number of rotatable bonds is 8. The summed E-state index contributed by atoms with van der Waals surface area (Å²) < 4.78 is 10.4. The number of hydrogen-bond acceptors (Lipinski definition) is 8. The fourth-order valence-corrected chi connectivity index (χ4v) is 4.32. The van der Waals surface area contributed by atoms with Gasteiger partial charge in [-0.3, -0.25) is 14.4 Å². The Hall–Kier alpha value is -3.73. The van der Waals surface area contributed by atoms with Gasteiger partial charge in [-0.25, -0.2) is 14.8 Å². The summed E-state index contributed by atoms with van der Waals surface area (Å²) in [7, 11) is 0. The predicted octanol–water partition coefficient (Wildman–Crippen LogP) is 3.63. The van der Waals surface area contributed by atoms with E-state index in [4.69, 9.17) is 21.1 Å². The molecule has 0 bridgehead atoms. The zero-order valence-electron chi connectivity index (χ0n) is 23.5. The van der Waals surface area contributed by atoms with Crippen molar-refractivity contribution in [2.45, 2.75) is 59.1 Å². The van der Waals surface area contributed by atoms with Gasteiger partial charge in [-0.05, 0) is 59.2 Å². The summed E-state index contributed by atoms with van der Waals surface area (Å²) in [5, 5.41) is 3.26. The Morgan fingerprint density at radius 1 is 1.05 bits per heavy atom. The molecule has 1 N–H and O–H groups in total. The Labute approximate surface area is 239 Å². The first-order valence-electron chi connectivity index (χ1n) is 13.2. The van der Waals surface area contributed by atoms with Crippen LogP contribution in [0.1, 0.15) is 56.7 Å². The van der Waals surface area contributed by atoms with E-state index >= 15 is 0 Å². The first kappa shape index (κ1) is 30.8. The smallest absolute Gasteiger partial charge is 0.409 e. The van der Waals surface area contributed by atoms with Crippen molar-refractivity contribution in [1.82, 2.24) is 25.1 Å². The number of ether oxygens (including phenoxy) is 2. The molecule has 3 rings (SSSR count). The number of carbonyl (C=O) groups is 4. The van der Waals surface area contributed by atoms with Gasteiger partial charge in [0.1, 0.15) is 17.3 Å². The van der Waals surface area contributed by atoms with Crippen LogP contribution >= 0.6 is 11.6 Å². The Morgan fingerprint density at radius 2 is 1.73 bits per heavy atom. The van der Waals surface area contributed by atoms with Crippen molar-refractivity contribution in [3.8, 4) is 11.4 Å². The number of nitrogens with one attached hydrogen (secondary N) is 1. The monoisotopic (exact) mass is 573 g/mol. The van der Waals surface area contributed by atoms with Crippen molar-refractivity contribution < 1.29 is 28.7 Å². The molecule has 1 aliphatic heterocycles. The van der Waals surface area contributed by atoms with E-state index in [-0.39, 0.29) is 44.1 Å². The maximum Gasteiger partial charge on any atom is 0.409 e. The molecule has 40 heavy (non-hydrogen) atoms. The largest absolute Gasteiger partial charge is 0.460 e. The van der Waals surface area contributed by atoms with Crippen LogP contribution in [-0.2, 0) is 19.1 Å². The van der Waals surface area contributed by atoms with Gasteiger partial charge in [0.05, 0.1) is 6.61 Å². The van der Waals surface area contributed by atoms with Gasteiger partial charge in [0, 0.05) is 48.9 Å². The number of hydrogen-bond donors (Lipinski definition) is 1. The van der Waals surface area contributed by atoms with Crippen molar-refractivity contribution >= 4 is 35.5 Å². The van der Waals surface area contributed by atoms with E-state index in [1.807, 2.05) is 0 Å². The zero-order valence-corrected chi connectivity index (χ0v) is 24.3. The minimum absolute atomic E-state index is 0.0305. The van der Waals surface area contributed by atoms with Crippen LogP contribution in [0.25, 0.3) is 11.4 Å². The second-order valence-corrected chi connectivity index (χ2v) is 10.8. The molecule has 216 valence electrons. The van der Waals surface area contributed by atoms with E-state index in [2.05, 4.69) is 15.3 Å². The van der Waals surface area contributed by atoms with Gasteiger partial charge in [-0.1, -0.05) is 23.7 Å². The molecule has 1 atom stereocenters. The fraction of sp³-hybridized carbons (Fsp3) is 0.500. The standard InChI is InChI=1S/C28H36ClN5O6/c1-6-39-27(38)34-14-12-33(13-15-34)26(37)21(10-11-23(35)40-28(3,4)5)32-25(36)22-16-18(2)30-24(31-22)19-8-7-9-20(29)17-19/h7-9,16-17,21H,6,10-15H2,1-5H3,(H,32,36)/t21-/m0/s1. The number of nitrogens with zero attached hydrogens (tertiary/aromatic N) is 4. The summed E-state index contributed by atoms with van der Waals surface area (Å²) in [5.74, 6) is -1.10. The van der Waals surface area contributed by atoms with Crippen LogP contribution < -0.4 is 5.32 Å². The number of amides is 3. The predicted molar refractivity (Wildman–Crippen MR) is 149 cm³/mol. The average Bonchev–Trinajstić information content (AvgIpc) is 2.89. The van der Waals surface area contributed by atoms with Crippen LogP contribution in [0, 0.1) is 6.92 Å². The summed E-state index contributed by atoms with van der Waals surface area (Å²) in [6.45, 7) is 10.1. The molecule has 1 fully saturated rings. The summed E-state index contributed by atoms with van der Waals surface area (Å²) in [5.41, 5.74) is 0.590. The van der Waals surface area contributed by atoms with E-state index in [1.54, 1.807) is 63.8 Å². The highest BCUT2D eigenvalue weighted by Crippen LogP contribution is 2.20. The van der Waals surface area contributed by atoms with Crippen LogP contribution in [0.3, 0.4) is 0 Å². The number of aromatic nitrogens is 2. The third-order valence-electron chi connectivity index (χ3n) is 5.95. The van der Waals surface area contributed by atoms with Gasteiger partial charge < -0.3 is 24.6 Å². The lowest BCUT2D eigenvalue weighted by Crippen LogP contribution is -2.56. The minimum atomic E-state index is -1.01. The summed E-state index contributed by atoms with van der Waals surface area (Å²) in [6, 6.07) is 7.47. The number of carbonyl (C=O) groups excluding carboxylic acids is 4.